The molecular formula is C6H2Br2O3S2. The number of Topliss-reactive ketones (excluding diaryl/α,β-unsaturated/α-hetero) is 1. The smallest absolute Gasteiger partial charge is 0.188 e. The van der Waals surface area contributed by atoms with Crippen molar-refractivity contribution >= 4 is 58.8 Å². The number of hydrogen-bond donors (Lipinski definition) is 0. The van der Waals surface area contributed by atoms with Gasteiger partial charge in [0.15, 0.2) is 15.6 Å². The van der Waals surface area contributed by atoms with Gasteiger partial charge in [-0.3, -0.25) is 4.79 Å². The number of carbonyl (C=O) groups excluding carboxylic acids is 1. The number of ketones is 1. The van der Waals surface area contributed by atoms with Gasteiger partial charge >= 0.3 is 0 Å². The number of thiophene rings is 1. The Balaban J connectivity index is 2.91. The molecule has 0 fully saturated rings. The summed E-state index contributed by atoms with van der Waals surface area (Å²) >= 11 is 7.50. The van der Waals surface area contributed by atoms with E-state index >= 15 is 0 Å². The highest BCUT2D eigenvalue weighted by Gasteiger charge is 2.39. The van der Waals surface area contributed by atoms with E-state index in [0.717, 1.165) is 0 Å². The van der Waals surface area contributed by atoms with Crippen molar-refractivity contribution in [1.82, 2.24) is 0 Å². The van der Waals surface area contributed by atoms with E-state index in [1.165, 1.54) is 11.3 Å². The van der Waals surface area contributed by atoms with Crippen molar-refractivity contribution < 1.29 is 13.2 Å². The first-order chi connectivity index (χ1) is 5.93. The summed E-state index contributed by atoms with van der Waals surface area (Å²) in [7, 11) is -3.38. The lowest BCUT2D eigenvalue weighted by atomic mass is 10.2. The minimum atomic E-state index is -3.38. The van der Waals surface area contributed by atoms with Gasteiger partial charge in [-0.15, -0.1) is 11.3 Å². The predicted octanol–water partition coefficient (Wildman–Crippen LogP) is 2.24. The monoisotopic (exact) mass is 344 g/mol. The van der Waals surface area contributed by atoms with Crippen LogP contribution in [-0.4, -0.2) is 20.0 Å². The summed E-state index contributed by atoms with van der Waals surface area (Å²) in [6, 6.07) is 0. The van der Waals surface area contributed by atoms with Crippen LogP contribution in [0.25, 0.3) is 0 Å². The van der Waals surface area contributed by atoms with Crippen LogP contribution in [0.5, 0.6) is 0 Å². The zero-order valence-corrected chi connectivity index (χ0v) is 10.8. The molecule has 0 atom stereocenters. The first-order valence-electron chi connectivity index (χ1n) is 3.17. The number of carbonyl (C=O) groups is 1. The normalized spacial score (nSPS) is 19.1. The van der Waals surface area contributed by atoms with Gasteiger partial charge in [0, 0.05) is 0 Å². The van der Waals surface area contributed by atoms with E-state index in [1.54, 1.807) is 0 Å². The highest BCUT2D eigenvalue weighted by molar-refractivity contribution is 9.12. The van der Waals surface area contributed by atoms with Crippen LogP contribution >= 0.6 is 43.2 Å². The Labute approximate surface area is 95.3 Å². The lowest BCUT2D eigenvalue weighted by Crippen LogP contribution is -2.04. The summed E-state index contributed by atoms with van der Waals surface area (Å²) in [6.45, 7) is 0. The molecule has 0 N–H and O–H groups in total. The predicted molar refractivity (Wildman–Crippen MR) is 56.1 cm³/mol. The molecule has 1 aromatic rings. The Bertz CT molecular complexity index is 500. The standard InChI is InChI=1S/C6H2Br2O3S2/c7-5-3-2(9)1-13(10,11)4(3)6(8)12-5/h1H2. The largest absolute Gasteiger partial charge is 0.293 e. The quantitative estimate of drug-likeness (QED) is 0.724. The maximum Gasteiger partial charge on any atom is 0.188 e. The van der Waals surface area contributed by atoms with Crippen molar-refractivity contribution in [3.8, 4) is 0 Å². The van der Waals surface area contributed by atoms with Gasteiger partial charge in [0.25, 0.3) is 0 Å². The molecule has 2 rings (SSSR count). The second-order valence-electron chi connectivity index (χ2n) is 2.54. The van der Waals surface area contributed by atoms with E-state index in [0.29, 0.717) is 13.1 Å². The van der Waals surface area contributed by atoms with Crippen LogP contribution in [0.4, 0.5) is 0 Å². The van der Waals surface area contributed by atoms with Crippen LogP contribution in [0.1, 0.15) is 10.4 Å². The van der Waals surface area contributed by atoms with Gasteiger partial charge < -0.3 is 0 Å². The fraction of sp³-hybridized carbons (Fsp3) is 0.167. The molecule has 7 heteroatoms. The third-order valence-corrected chi connectivity index (χ3v) is 6.29. The molecule has 0 bridgehead atoms. The minimum Gasteiger partial charge on any atom is -0.293 e. The van der Waals surface area contributed by atoms with Crippen LogP contribution < -0.4 is 0 Å². The summed E-state index contributed by atoms with van der Waals surface area (Å²) in [5.41, 5.74) is 0.303. The first-order valence-corrected chi connectivity index (χ1v) is 7.22. The first kappa shape index (κ1) is 9.82. The zero-order chi connectivity index (χ0) is 9.80. The van der Waals surface area contributed by atoms with Crippen molar-refractivity contribution in [2.75, 3.05) is 5.75 Å². The van der Waals surface area contributed by atoms with Gasteiger partial charge in [-0.25, -0.2) is 8.42 Å². The fourth-order valence-electron chi connectivity index (χ4n) is 1.19. The molecule has 1 aliphatic rings. The Morgan fingerprint density at radius 1 is 1.23 bits per heavy atom. The second kappa shape index (κ2) is 2.88. The molecule has 1 aromatic heterocycles. The van der Waals surface area contributed by atoms with Crippen molar-refractivity contribution in [2.45, 2.75) is 4.90 Å². The molecule has 13 heavy (non-hydrogen) atoms. The summed E-state index contributed by atoms with van der Waals surface area (Å²) < 4.78 is 23.9. The van der Waals surface area contributed by atoms with Crippen LogP contribution in [-0.2, 0) is 9.84 Å². The van der Waals surface area contributed by atoms with E-state index in [9.17, 15) is 13.2 Å². The van der Waals surface area contributed by atoms with Crippen LogP contribution in [0.15, 0.2) is 12.5 Å². The Kier molecular flexibility index (Phi) is 2.18. The van der Waals surface area contributed by atoms with Crippen LogP contribution in [0.2, 0.25) is 0 Å². The molecule has 3 nitrogen and oxygen atoms in total. The van der Waals surface area contributed by atoms with Crippen molar-refractivity contribution in [3.63, 3.8) is 0 Å². The van der Waals surface area contributed by atoms with Crippen molar-refractivity contribution in [3.05, 3.63) is 13.1 Å². The van der Waals surface area contributed by atoms with E-state index in [1.807, 2.05) is 0 Å². The van der Waals surface area contributed by atoms with Gasteiger partial charge in [-0.1, -0.05) is 0 Å². The Morgan fingerprint density at radius 2 is 1.85 bits per heavy atom. The van der Waals surface area contributed by atoms with Crippen LogP contribution in [0, 0.1) is 0 Å². The van der Waals surface area contributed by atoms with E-state index in [-0.39, 0.29) is 10.7 Å². The van der Waals surface area contributed by atoms with Crippen molar-refractivity contribution in [2.24, 2.45) is 0 Å². The van der Waals surface area contributed by atoms with Crippen molar-refractivity contribution in [1.29, 1.82) is 0 Å². The Morgan fingerprint density at radius 3 is 2.38 bits per heavy atom. The van der Waals surface area contributed by atoms with E-state index in [2.05, 4.69) is 31.9 Å². The van der Waals surface area contributed by atoms with Gasteiger partial charge in [0.2, 0.25) is 0 Å². The molecule has 0 radical (unpaired) electrons. The maximum absolute atomic E-state index is 11.4. The average Bonchev–Trinajstić information content (AvgIpc) is 2.35. The lowest BCUT2D eigenvalue weighted by molar-refractivity contribution is 0.102. The van der Waals surface area contributed by atoms with E-state index < -0.39 is 15.6 Å². The zero-order valence-electron chi connectivity index (χ0n) is 6.00. The molecule has 0 saturated heterocycles. The second-order valence-corrected chi connectivity index (χ2v) is 8.12. The van der Waals surface area contributed by atoms with Gasteiger partial charge in [0.05, 0.1) is 13.1 Å². The molecule has 0 spiro atoms. The third kappa shape index (κ3) is 1.33. The topological polar surface area (TPSA) is 51.2 Å². The number of fused-ring (bicyclic) bond motifs is 1. The van der Waals surface area contributed by atoms with Gasteiger partial charge in [-0.05, 0) is 31.9 Å². The SMILES string of the molecule is O=C1CS(=O)(=O)c2c(Br)sc(Br)c21. The number of rotatable bonds is 0. The number of halogens is 2. The maximum atomic E-state index is 11.4. The molecule has 70 valence electrons. The number of sulfone groups is 1. The molecule has 0 unspecified atom stereocenters. The molecule has 0 aromatic carbocycles. The average molecular weight is 346 g/mol. The lowest BCUT2D eigenvalue weighted by Gasteiger charge is -1.89. The fourth-order valence-corrected chi connectivity index (χ4v) is 6.95. The number of hydrogen-bond acceptors (Lipinski definition) is 4. The Hall–Kier alpha value is 0.280. The minimum absolute atomic E-state index is 0.148. The molecule has 2 heterocycles. The summed E-state index contributed by atoms with van der Waals surface area (Å²) in [6.07, 6.45) is 0. The highest BCUT2D eigenvalue weighted by Crippen LogP contribution is 2.43. The molecular weight excluding hydrogens is 344 g/mol. The molecule has 0 aliphatic carbocycles. The third-order valence-electron chi connectivity index (χ3n) is 1.69. The summed E-state index contributed by atoms with van der Waals surface area (Å²) in [5.74, 6) is -0.730. The van der Waals surface area contributed by atoms with Crippen LogP contribution in [0.3, 0.4) is 0 Å². The summed E-state index contributed by atoms with van der Waals surface area (Å²) in [4.78, 5) is 11.4. The molecule has 1 aliphatic heterocycles. The molecule has 0 saturated carbocycles. The van der Waals surface area contributed by atoms with E-state index in [4.69, 9.17) is 0 Å². The van der Waals surface area contributed by atoms with Gasteiger partial charge in [0.1, 0.15) is 10.6 Å². The molecule has 0 amide bonds. The summed E-state index contributed by atoms with van der Waals surface area (Å²) in [5, 5.41) is 0. The highest BCUT2D eigenvalue weighted by atomic mass is 79.9. The van der Waals surface area contributed by atoms with Gasteiger partial charge in [-0.2, -0.15) is 0 Å².